The van der Waals surface area contributed by atoms with Crippen molar-refractivity contribution in [3.63, 3.8) is 0 Å². The highest BCUT2D eigenvalue weighted by atomic mass is 32.2. The summed E-state index contributed by atoms with van der Waals surface area (Å²) >= 11 is 1.12. The van der Waals surface area contributed by atoms with E-state index in [2.05, 4.69) is 4.99 Å². The lowest BCUT2D eigenvalue weighted by Crippen LogP contribution is -2.38. The number of rotatable bonds is 6. The third-order valence-electron chi connectivity index (χ3n) is 6.34. The van der Waals surface area contributed by atoms with Crippen molar-refractivity contribution in [2.45, 2.75) is 43.0 Å². The third-order valence-corrected chi connectivity index (χ3v) is 9.35. The summed E-state index contributed by atoms with van der Waals surface area (Å²) in [5.74, 6) is -0.247. The van der Waals surface area contributed by atoms with Crippen LogP contribution in [-0.2, 0) is 17.1 Å². The second kappa shape index (κ2) is 9.88. The number of hydrogen-bond acceptors (Lipinski definition) is 7. The van der Waals surface area contributed by atoms with E-state index in [1.165, 1.54) is 47.8 Å². The number of nitrogens with zero attached hydrogens (tertiary/aromatic N) is 4. The topological polar surface area (TPSA) is 124 Å². The zero-order valence-electron chi connectivity index (χ0n) is 19.6. The summed E-state index contributed by atoms with van der Waals surface area (Å²) in [7, 11) is 1.06. The third kappa shape index (κ3) is 4.86. The SMILES string of the molecule is COc1cc([N+](=O)[O-])cc2sc(=NC(=O)c3ccc(S(=O)(=O)N(C)C4CCCCC4)cc3)n(C)c12. The molecule has 1 heterocycles. The maximum absolute atomic E-state index is 13.0. The molecule has 0 bridgehead atoms. The Bertz CT molecular complexity index is 1450. The van der Waals surface area contributed by atoms with Gasteiger partial charge in [-0.1, -0.05) is 30.6 Å². The number of nitro benzene ring substituents is 1. The van der Waals surface area contributed by atoms with Crippen molar-refractivity contribution in [1.82, 2.24) is 8.87 Å². The van der Waals surface area contributed by atoms with Crippen molar-refractivity contribution in [3.05, 3.63) is 56.9 Å². The Labute approximate surface area is 206 Å². The Balaban J connectivity index is 1.63. The number of fused-ring (bicyclic) bond motifs is 1. The molecular weight excluding hydrogens is 492 g/mol. The molecule has 0 radical (unpaired) electrons. The lowest BCUT2D eigenvalue weighted by Gasteiger charge is -2.30. The highest BCUT2D eigenvalue weighted by Crippen LogP contribution is 2.32. The van der Waals surface area contributed by atoms with Gasteiger partial charge >= 0.3 is 0 Å². The van der Waals surface area contributed by atoms with E-state index in [1.807, 2.05) is 0 Å². The van der Waals surface area contributed by atoms with Crippen LogP contribution in [0.3, 0.4) is 0 Å². The Kier molecular flexibility index (Phi) is 7.06. The molecular formula is C23H26N4O6S2. The summed E-state index contributed by atoms with van der Waals surface area (Å²) in [6.45, 7) is 0. The fourth-order valence-electron chi connectivity index (χ4n) is 4.33. The van der Waals surface area contributed by atoms with Crippen LogP contribution in [0.4, 0.5) is 5.69 Å². The Morgan fingerprint density at radius 1 is 1.20 bits per heavy atom. The summed E-state index contributed by atoms with van der Waals surface area (Å²) in [5.41, 5.74) is 0.700. The molecule has 0 spiro atoms. The van der Waals surface area contributed by atoms with Gasteiger partial charge in [-0.05, 0) is 37.1 Å². The lowest BCUT2D eigenvalue weighted by atomic mass is 9.96. The number of ether oxygens (including phenoxy) is 1. The summed E-state index contributed by atoms with van der Waals surface area (Å²) in [4.78, 5) is 28.2. The molecule has 0 saturated heterocycles. The first-order valence-electron chi connectivity index (χ1n) is 11.1. The van der Waals surface area contributed by atoms with E-state index < -0.39 is 20.9 Å². The zero-order valence-corrected chi connectivity index (χ0v) is 21.3. The van der Waals surface area contributed by atoms with Crippen LogP contribution in [0, 0.1) is 10.1 Å². The van der Waals surface area contributed by atoms with E-state index >= 15 is 0 Å². The van der Waals surface area contributed by atoms with Crippen molar-refractivity contribution in [1.29, 1.82) is 0 Å². The van der Waals surface area contributed by atoms with Crippen LogP contribution < -0.4 is 9.54 Å². The fourth-order valence-corrected chi connectivity index (χ4v) is 6.81. The number of hydrogen-bond donors (Lipinski definition) is 0. The number of benzene rings is 2. The lowest BCUT2D eigenvalue weighted by molar-refractivity contribution is -0.384. The number of amides is 1. The van der Waals surface area contributed by atoms with Gasteiger partial charge < -0.3 is 9.30 Å². The van der Waals surface area contributed by atoms with Crippen LogP contribution >= 0.6 is 11.3 Å². The van der Waals surface area contributed by atoms with E-state index in [0.717, 1.165) is 43.4 Å². The van der Waals surface area contributed by atoms with Gasteiger partial charge in [0.25, 0.3) is 11.6 Å². The molecule has 12 heteroatoms. The molecule has 0 N–H and O–H groups in total. The molecule has 0 atom stereocenters. The largest absolute Gasteiger partial charge is 0.494 e. The molecule has 1 aliphatic rings. The monoisotopic (exact) mass is 518 g/mol. The van der Waals surface area contributed by atoms with Crippen LogP contribution in [0.25, 0.3) is 10.2 Å². The molecule has 2 aromatic carbocycles. The van der Waals surface area contributed by atoms with Gasteiger partial charge in [0, 0.05) is 31.8 Å². The van der Waals surface area contributed by atoms with Crippen molar-refractivity contribution in [3.8, 4) is 5.75 Å². The summed E-state index contributed by atoms with van der Waals surface area (Å²) in [6.07, 6.45) is 4.88. The molecule has 35 heavy (non-hydrogen) atoms. The minimum atomic E-state index is -3.66. The van der Waals surface area contributed by atoms with Gasteiger partial charge in [0.05, 0.1) is 27.7 Å². The maximum atomic E-state index is 13.0. The minimum absolute atomic E-state index is 0.00849. The van der Waals surface area contributed by atoms with Crippen molar-refractivity contribution < 1.29 is 22.9 Å². The molecule has 10 nitrogen and oxygen atoms in total. The normalized spacial score (nSPS) is 15.6. The van der Waals surface area contributed by atoms with Crippen molar-refractivity contribution >= 4 is 43.2 Å². The van der Waals surface area contributed by atoms with Gasteiger partial charge in [0.15, 0.2) is 10.6 Å². The van der Waals surface area contributed by atoms with Gasteiger partial charge in [0.2, 0.25) is 10.0 Å². The first-order chi connectivity index (χ1) is 16.6. The molecule has 3 aromatic rings. The predicted octanol–water partition coefficient (Wildman–Crippen LogP) is 3.85. The number of nitro groups is 1. The predicted molar refractivity (Wildman–Crippen MR) is 132 cm³/mol. The summed E-state index contributed by atoms with van der Waals surface area (Å²) in [5, 5.41) is 11.2. The fraction of sp³-hybridized carbons (Fsp3) is 0.391. The van der Waals surface area contributed by atoms with E-state index in [-0.39, 0.29) is 22.2 Å². The van der Waals surface area contributed by atoms with Gasteiger partial charge in [-0.25, -0.2) is 8.42 Å². The van der Waals surface area contributed by atoms with Gasteiger partial charge in [0.1, 0.15) is 5.52 Å². The highest BCUT2D eigenvalue weighted by molar-refractivity contribution is 7.89. The Morgan fingerprint density at radius 2 is 1.86 bits per heavy atom. The Morgan fingerprint density at radius 3 is 2.46 bits per heavy atom. The van der Waals surface area contributed by atoms with E-state index in [4.69, 9.17) is 4.74 Å². The minimum Gasteiger partial charge on any atom is -0.494 e. The quantitative estimate of drug-likeness (QED) is 0.361. The first-order valence-corrected chi connectivity index (χ1v) is 13.4. The molecule has 1 aliphatic carbocycles. The van der Waals surface area contributed by atoms with Crippen LogP contribution in [0.5, 0.6) is 5.75 Å². The molecule has 1 amide bonds. The molecule has 0 unspecified atom stereocenters. The van der Waals surface area contributed by atoms with E-state index in [1.54, 1.807) is 18.7 Å². The standard InChI is InChI=1S/C23H26N4O6S2/c1-25-21-19(33-3)13-17(27(29)30)14-20(21)34-23(25)24-22(28)15-9-11-18(12-10-15)35(31,32)26(2)16-7-5-4-6-8-16/h9-14,16H,4-8H2,1-3H3. The number of non-ortho nitro benzene ring substituents is 1. The average Bonchev–Trinajstić information content (AvgIpc) is 3.18. The zero-order chi connectivity index (χ0) is 25.3. The maximum Gasteiger partial charge on any atom is 0.279 e. The van der Waals surface area contributed by atoms with Crippen LogP contribution in [0.15, 0.2) is 46.3 Å². The smallest absolute Gasteiger partial charge is 0.279 e. The summed E-state index contributed by atoms with van der Waals surface area (Å²) < 4.78 is 35.0. The second-order valence-electron chi connectivity index (χ2n) is 8.45. The molecule has 1 fully saturated rings. The second-order valence-corrected chi connectivity index (χ2v) is 11.5. The number of methoxy groups -OCH3 is 1. The van der Waals surface area contributed by atoms with Gasteiger partial charge in [-0.15, -0.1) is 0 Å². The van der Waals surface area contributed by atoms with E-state index in [9.17, 15) is 23.3 Å². The number of aromatic nitrogens is 1. The molecule has 4 rings (SSSR count). The van der Waals surface area contributed by atoms with Crippen LogP contribution in [-0.4, -0.2) is 48.3 Å². The van der Waals surface area contributed by atoms with Gasteiger partial charge in [-0.3, -0.25) is 14.9 Å². The Hall–Kier alpha value is -3.09. The van der Waals surface area contributed by atoms with Gasteiger partial charge in [-0.2, -0.15) is 9.30 Å². The van der Waals surface area contributed by atoms with Crippen LogP contribution in [0.1, 0.15) is 42.5 Å². The highest BCUT2D eigenvalue weighted by Gasteiger charge is 2.29. The number of aryl methyl sites for hydroxylation is 1. The molecule has 0 aliphatic heterocycles. The summed E-state index contributed by atoms with van der Waals surface area (Å²) in [6, 6.07) is 8.48. The van der Waals surface area contributed by atoms with Crippen LogP contribution in [0.2, 0.25) is 0 Å². The van der Waals surface area contributed by atoms with Crippen molar-refractivity contribution in [2.24, 2.45) is 12.0 Å². The molecule has 1 aromatic heterocycles. The molecule has 1 saturated carbocycles. The number of thiazole rings is 1. The number of sulfonamides is 1. The molecule has 186 valence electrons. The van der Waals surface area contributed by atoms with E-state index in [0.29, 0.717) is 20.8 Å². The number of carbonyl (C=O) groups excluding carboxylic acids is 1. The van der Waals surface area contributed by atoms with Crippen molar-refractivity contribution in [2.75, 3.05) is 14.2 Å². The first kappa shape index (κ1) is 25.0. The average molecular weight is 519 g/mol. The number of carbonyl (C=O) groups is 1.